The summed E-state index contributed by atoms with van der Waals surface area (Å²) in [6.07, 6.45) is 3.44. The Morgan fingerprint density at radius 2 is 2.18 bits per heavy atom. The summed E-state index contributed by atoms with van der Waals surface area (Å²) in [4.78, 5) is 13.5. The van der Waals surface area contributed by atoms with Gasteiger partial charge in [0.25, 0.3) is 0 Å². The standard InChI is InChI=1S/C14H16F2N4O2/c1-19(8-10-7-17-20(2)9-10)14(21)18-11-5-3-4-6-12(11)22-13(15)16/h3-7,9,13H,8H2,1-2H3,(H,18,21). The van der Waals surface area contributed by atoms with Gasteiger partial charge in [0, 0.05) is 25.9 Å². The Kier molecular flexibility index (Phi) is 4.92. The quantitative estimate of drug-likeness (QED) is 0.923. The van der Waals surface area contributed by atoms with Crippen LogP contribution in [0.3, 0.4) is 0 Å². The predicted molar refractivity (Wildman–Crippen MR) is 76.8 cm³/mol. The lowest BCUT2D eigenvalue weighted by molar-refractivity contribution is -0.0493. The van der Waals surface area contributed by atoms with E-state index in [1.165, 1.54) is 17.0 Å². The molecule has 2 amide bonds. The van der Waals surface area contributed by atoms with Crippen molar-refractivity contribution in [3.05, 3.63) is 42.2 Å². The van der Waals surface area contributed by atoms with Crippen molar-refractivity contribution in [3.8, 4) is 5.75 Å². The highest BCUT2D eigenvalue weighted by Gasteiger charge is 2.14. The maximum atomic E-state index is 12.3. The first-order valence-electron chi connectivity index (χ1n) is 6.49. The number of ether oxygens (including phenoxy) is 1. The minimum absolute atomic E-state index is 0.0828. The number of halogens is 2. The molecule has 1 aromatic carbocycles. The molecule has 0 radical (unpaired) electrons. The maximum absolute atomic E-state index is 12.3. The van der Waals surface area contributed by atoms with Gasteiger partial charge in [-0.05, 0) is 12.1 Å². The maximum Gasteiger partial charge on any atom is 0.387 e. The van der Waals surface area contributed by atoms with Crippen LogP contribution in [0, 0.1) is 0 Å². The van der Waals surface area contributed by atoms with Crippen LogP contribution in [0.1, 0.15) is 5.56 Å². The van der Waals surface area contributed by atoms with Crippen LogP contribution in [0.5, 0.6) is 5.75 Å². The van der Waals surface area contributed by atoms with E-state index in [1.54, 1.807) is 43.3 Å². The Bertz CT molecular complexity index is 645. The second kappa shape index (κ2) is 6.88. The van der Waals surface area contributed by atoms with Gasteiger partial charge in [0.15, 0.2) is 0 Å². The molecule has 2 rings (SSSR count). The van der Waals surface area contributed by atoms with Gasteiger partial charge in [0.05, 0.1) is 18.4 Å². The molecule has 1 heterocycles. The monoisotopic (exact) mass is 310 g/mol. The van der Waals surface area contributed by atoms with E-state index < -0.39 is 12.6 Å². The van der Waals surface area contributed by atoms with E-state index in [9.17, 15) is 13.6 Å². The van der Waals surface area contributed by atoms with Gasteiger partial charge in [-0.15, -0.1) is 0 Å². The zero-order valence-corrected chi connectivity index (χ0v) is 12.2. The highest BCUT2D eigenvalue weighted by atomic mass is 19.3. The molecule has 6 nitrogen and oxygen atoms in total. The molecule has 8 heteroatoms. The molecule has 2 aromatic rings. The number of carbonyl (C=O) groups excluding carboxylic acids is 1. The summed E-state index contributed by atoms with van der Waals surface area (Å²) in [6.45, 7) is -2.61. The number of hydrogen-bond acceptors (Lipinski definition) is 3. The van der Waals surface area contributed by atoms with Crippen molar-refractivity contribution >= 4 is 11.7 Å². The first-order chi connectivity index (χ1) is 10.5. The fraction of sp³-hybridized carbons (Fsp3) is 0.286. The third kappa shape index (κ3) is 4.18. The highest BCUT2D eigenvalue weighted by Crippen LogP contribution is 2.25. The molecule has 0 aliphatic rings. The molecular formula is C14H16F2N4O2. The molecule has 0 unspecified atom stereocenters. The van der Waals surface area contributed by atoms with E-state index in [4.69, 9.17) is 0 Å². The number of rotatable bonds is 5. The average molecular weight is 310 g/mol. The van der Waals surface area contributed by atoms with Crippen LogP contribution in [0.15, 0.2) is 36.7 Å². The first kappa shape index (κ1) is 15.7. The van der Waals surface area contributed by atoms with Gasteiger partial charge in [-0.1, -0.05) is 12.1 Å². The van der Waals surface area contributed by atoms with E-state index >= 15 is 0 Å². The van der Waals surface area contributed by atoms with Crippen LogP contribution < -0.4 is 10.1 Å². The van der Waals surface area contributed by atoms with Gasteiger partial charge < -0.3 is 15.0 Å². The molecule has 0 aliphatic carbocycles. The van der Waals surface area contributed by atoms with Crippen LogP contribution in [-0.2, 0) is 13.6 Å². The first-order valence-corrected chi connectivity index (χ1v) is 6.49. The largest absolute Gasteiger partial charge is 0.433 e. The number of nitrogens with one attached hydrogen (secondary N) is 1. The summed E-state index contributed by atoms with van der Waals surface area (Å²) >= 11 is 0. The van der Waals surface area contributed by atoms with Gasteiger partial charge in [-0.25, -0.2) is 4.79 Å². The number of amides is 2. The van der Waals surface area contributed by atoms with Crippen molar-refractivity contribution in [1.82, 2.24) is 14.7 Å². The van der Waals surface area contributed by atoms with Gasteiger partial charge in [0.1, 0.15) is 5.75 Å². The second-order valence-corrected chi connectivity index (χ2v) is 4.68. The van der Waals surface area contributed by atoms with Crippen molar-refractivity contribution in [2.24, 2.45) is 7.05 Å². The Balaban J connectivity index is 2.02. The molecule has 1 aromatic heterocycles. The normalized spacial score (nSPS) is 10.6. The Hall–Kier alpha value is -2.64. The minimum Gasteiger partial charge on any atom is -0.433 e. The van der Waals surface area contributed by atoms with E-state index in [-0.39, 0.29) is 11.4 Å². The minimum atomic E-state index is -2.95. The molecule has 0 bridgehead atoms. The smallest absolute Gasteiger partial charge is 0.387 e. The molecule has 0 saturated heterocycles. The summed E-state index contributed by atoms with van der Waals surface area (Å²) in [5, 5.41) is 6.56. The molecule has 0 fully saturated rings. The number of urea groups is 1. The second-order valence-electron chi connectivity index (χ2n) is 4.68. The number of para-hydroxylation sites is 2. The lowest BCUT2D eigenvalue weighted by Crippen LogP contribution is -2.31. The van der Waals surface area contributed by atoms with Crippen molar-refractivity contribution in [2.45, 2.75) is 13.2 Å². The van der Waals surface area contributed by atoms with E-state index in [0.717, 1.165) is 5.56 Å². The fourth-order valence-electron chi connectivity index (χ4n) is 1.88. The van der Waals surface area contributed by atoms with Crippen LogP contribution in [0.25, 0.3) is 0 Å². The molecule has 0 atom stereocenters. The van der Waals surface area contributed by atoms with Crippen LogP contribution in [-0.4, -0.2) is 34.4 Å². The molecule has 0 spiro atoms. The number of aromatic nitrogens is 2. The fourth-order valence-corrected chi connectivity index (χ4v) is 1.88. The third-order valence-corrected chi connectivity index (χ3v) is 2.87. The predicted octanol–water partition coefficient (Wildman–Crippen LogP) is 2.69. The van der Waals surface area contributed by atoms with E-state index in [0.29, 0.717) is 6.54 Å². The summed E-state index contributed by atoms with van der Waals surface area (Å²) in [5.74, 6) is -0.0828. The molecule has 1 N–H and O–H groups in total. The number of nitrogens with zero attached hydrogens (tertiary/aromatic N) is 3. The summed E-state index contributed by atoms with van der Waals surface area (Å²) in [6, 6.07) is 5.59. The van der Waals surface area contributed by atoms with Crippen molar-refractivity contribution in [1.29, 1.82) is 0 Å². The molecule has 118 valence electrons. The van der Waals surface area contributed by atoms with Crippen LogP contribution in [0.4, 0.5) is 19.3 Å². The zero-order chi connectivity index (χ0) is 16.1. The van der Waals surface area contributed by atoms with Crippen molar-refractivity contribution < 1.29 is 18.3 Å². The van der Waals surface area contributed by atoms with E-state index in [1.807, 2.05) is 0 Å². The van der Waals surface area contributed by atoms with Crippen LogP contribution in [0.2, 0.25) is 0 Å². The van der Waals surface area contributed by atoms with E-state index in [2.05, 4.69) is 15.2 Å². The average Bonchev–Trinajstić information content (AvgIpc) is 2.85. The molecule has 22 heavy (non-hydrogen) atoms. The van der Waals surface area contributed by atoms with Crippen molar-refractivity contribution in [3.63, 3.8) is 0 Å². The lowest BCUT2D eigenvalue weighted by Gasteiger charge is -2.18. The number of benzene rings is 1. The summed E-state index contributed by atoms with van der Waals surface area (Å²) < 4.78 is 30.7. The van der Waals surface area contributed by atoms with Crippen LogP contribution >= 0.6 is 0 Å². The Morgan fingerprint density at radius 1 is 1.45 bits per heavy atom. The molecule has 0 saturated carbocycles. The summed E-state index contributed by atoms with van der Waals surface area (Å²) in [7, 11) is 3.38. The SMILES string of the molecule is CN(Cc1cnn(C)c1)C(=O)Nc1ccccc1OC(F)F. The number of hydrogen-bond donors (Lipinski definition) is 1. The van der Waals surface area contributed by atoms with Gasteiger partial charge in [-0.3, -0.25) is 4.68 Å². The Morgan fingerprint density at radius 3 is 2.82 bits per heavy atom. The van der Waals surface area contributed by atoms with Crippen molar-refractivity contribution in [2.75, 3.05) is 12.4 Å². The third-order valence-electron chi connectivity index (χ3n) is 2.87. The zero-order valence-electron chi connectivity index (χ0n) is 12.2. The van der Waals surface area contributed by atoms with Gasteiger partial charge in [-0.2, -0.15) is 13.9 Å². The molecule has 0 aliphatic heterocycles. The number of anilines is 1. The number of alkyl halides is 2. The number of aryl methyl sites for hydroxylation is 1. The summed E-state index contributed by atoms with van der Waals surface area (Å²) in [5.41, 5.74) is 1.04. The molecular weight excluding hydrogens is 294 g/mol. The topological polar surface area (TPSA) is 59.4 Å². The Labute approximate surface area is 126 Å². The highest BCUT2D eigenvalue weighted by molar-refractivity contribution is 5.90. The number of carbonyl (C=O) groups is 1. The van der Waals surface area contributed by atoms with Gasteiger partial charge >= 0.3 is 12.6 Å². The lowest BCUT2D eigenvalue weighted by atomic mass is 10.3. The van der Waals surface area contributed by atoms with Gasteiger partial charge in [0.2, 0.25) is 0 Å².